The van der Waals surface area contributed by atoms with Crippen LogP contribution in [0, 0.1) is 18.7 Å². The lowest BCUT2D eigenvalue weighted by Gasteiger charge is -2.20. The number of halogens is 5. The molecule has 10 heteroatoms. The van der Waals surface area contributed by atoms with Crippen LogP contribution in [0.15, 0.2) is 36.4 Å². The van der Waals surface area contributed by atoms with Crippen molar-refractivity contribution in [2.45, 2.75) is 25.8 Å². The molecule has 31 heavy (non-hydrogen) atoms. The van der Waals surface area contributed by atoms with E-state index in [1.807, 2.05) is 12.1 Å². The molecule has 5 N–H and O–H groups in total. The van der Waals surface area contributed by atoms with Gasteiger partial charge < -0.3 is 21.7 Å². The van der Waals surface area contributed by atoms with Crippen LogP contribution in [-0.2, 0) is 12.8 Å². The molecular weight excluding hydrogens is 483 g/mol. The van der Waals surface area contributed by atoms with Gasteiger partial charge in [0.1, 0.15) is 11.6 Å². The third-order valence-electron chi connectivity index (χ3n) is 5.04. The van der Waals surface area contributed by atoms with E-state index in [0.29, 0.717) is 17.8 Å². The number of nitrogen functional groups attached to an aromatic ring is 1. The summed E-state index contributed by atoms with van der Waals surface area (Å²) < 4.78 is 13.2. The molecule has 1 aliphatic rings. The Morgan fingerprint density at radius 3 is 2.55 bits per heavy atom. The number of nitrogens with zero attached hydrogens (tertiary/aromatic N) is 1. The number of nitrogens with two attached hydrogens (primary N) is 1. The lowest BCUT2D eigenvalue weighted by Crippen LogP contribution is -2.40. The van der Waals surface area contributed by atoms with Crippen LogP contribution in [0.4, 0.5) is 10.2 Å². The Kier molecular flexibility index (Phi) is 17.4. The van der Waals surface area contributed by atoms with Crippen molar-refractivity contribution in [2.24, 2.45) is 5.92 Å². The number of pyridine rings is 1. The van der Waals surface area contributed by atoms with E-state index in [9.17, 15) is 4.39 Å². The second-order valence-corrected chi connectivity index (χ2v) is 7.37. The Morgan fingerprint density at radius 2 is 1.84 bits per heavy atom. The number of aryl methyl sites for hydroxylation is 1. The first-order valence-corrected chi connectivity index (χ1v) is 9.72. The highest BCUT2D eigenvalue weighted by atomic mass is 35.5. The summed E-state index contributed by atoms with van der Waals surface area (Å²) in [4.78, 5) is 4.47. The van der Waals surface area contributed by atoms with Gasteiger partial charge in [-0.25, -0.2) is 9.37 Å². The van der Waals surface area contributed by atoms with E-state index in [0.717, 1.165) is 62.4 Å². The van der Waals surface area contributed by atoms with Gasteiger partial charge in [0, 0.05) is 31.4 Å². The quantitative estimate of drug-likeness (QED) is 0.384. The molecule has 2 aromatic rings. The Labute approximate surface area is 209 Å². The van der Waals surface area contributed by atoms with E-state index < -0.39 is 0 Å². The highest BCUT2D eigenvalue weighted by molar-refractivity contribution is 5.86. The summed E-state index contributed by atoms with van der Waals surface area (Å²) in [6, 6.07) is 11.3. The number of nitrogens with one attached hydrogen (secondary N) is 3. The van der Waals surface area contributed by atoms with Crippen LogP contribution in [0.25, 0.3) is 0 Å². The lowest BCUT2D eigenvalue weighted by molar-refractivity contribution is 0.419. The van der Waals surface area contributed by atoms with Gasteiger partial charge in [-0.1, -0.05) is 12.1 Å². The molecule has 3 rings (SSSR count). The van der Waals surface area contributed by atoms with Crippen LogP contribution in [0.2, 0.25) is 0 Å². The molecule has 0 radical (unpaired) electrons. The fourth-order valence-electron chi connectivity index (χ4n) is 3.72. The van der Waals surface area contributed by atoms with Crippen LogP contribution in [0.3, 0.4) is 0 Å². The zero-order valence-corrected chi connectivity index (χ0v) is 20.9. The van der Waals surface area contributed by atoms with Gasteiger partial charge >= 0.3 is 0 Å². The maximum Gasteiger partial charge on any atom is 0.123 e. The zero-order valence-electron chi connectivity index (χ0n) is 17.6. The predicted octanol–water partition coefficient (Wildman–Crippen LogP) is 3.35. The van der Waals surface area contributed by atoms with Crippen LogP contribution in [0.1, 0.15) is 16.8 Å². The van der Waals surface area contributed by atoms with Crippen LogP contribution < -0.4 is 21.7 Å². The normalized spacial score (nSPS) is 17.0. The van der Waals surface area contributed by atoms with Gasteiger partial charge in [-0.15, -0.1) is 49.6 Å². The second kappa shape index (κ2) is 16.7. The highest BCUT2D eigenvalue weighted by Gasteiger charge is 2.26. The molecular formula is C21H34Cl4FN5. The molecule has 178 valence electrons. The van der Waals surface area contributed by atoms with Crippen LogP contribution in [-0.4, -0.2) is 43.7 Å². The smallest absolute Gasteiger partial charge is 0.123 e. The Hall–Kier alpha value is -0.860. The number of benzene rings is 1. The average Bonchev–Trinajstić information content (AvgIpc) is 3.04. The molecule has 2 atom stereocenters. The molecule has 0 saturated carbocycles. The molecule has 5 nitrogen and oxygen atoms in total. The molecule has 2 heterocycles. The summed E-state index contributed by atoms with van der Waals surface area (Å²) in [6.45, 7) is 6.70. The molecule has 1 aliphatic heterocycles. The summed E-state index contributed by atoms with van der Waals surface area (Å²) >= 11 is 0. The number of hydrogen-bond donors (Lipinski definition) is 4. The number of hydrogen-bond acceptors (Lipinski definition) is 5. The average molecular weight is 517 g/mol. The lowest BCUT2D eigenvalue weighted by atomic mass is 9.97. The van der Waals surface area contributed by atoms with Gasteiger partial charge in [0.15, 0.2) is 0 Å². The number of aromatic nitrogens is 1. The predicted molar refractivity (Wildman–Crippen MR) is 137 cm³/mol. The maximum atomic E-state index is 13.2. The van der Waals surface area contributed by atoms with Gasteiger partial charge in [0.2, 0.25) is 0 Å². The van der Waals surface area contributed by atoms with Gasteiger partial charge in [0.25, 0.3) is 0 Å². The van der Waals surface area contributed by atoms with Crippen LogP contribution in [0.5, 0.6) is 0 Å². The Bertz CT molecular complexity index is 733. The summed E-state index contributed by atoms with van der Waals surface area (Å²) in [7, 11) is 0. The topological polar surface area (TPSA) is 75.0 Å². The Balaban J connectivity index is 0. The van der Waals surface area contributed by atoms with Crippen molar-refractivity contribution >= 4 is 55.4 Å². The first kappa shape index (κ1) is 32.3. The maximum absolute atomic E-state index is 13.2. The molecule has 0 amide bonds. The van der Waals surface area contributed by atoms with Gasteiger partial charge in [-0.05, 0) is 74.2 Å². The molecule has 0 spiro atoms. The standard InChI is InChI=1S/C21H30FN5.4ClH/c1-15-9-19(27-21(23)10-15)12-17-13-25-14-20(17)26-8-7-24-6-5-16-3-2-4-18(22)11-16;;;;/h2-4,9-11,17,20,24-26H,5-8,12-14H2,1H3,(H2,23,27);4*1H/t17-,20-;;;;/m0..../s1. The molecule has 0 bridgehead atoms. The molecule has 1 saturated heterocycles. The van der Waals surface area contributed by atoms with Crippen molar-refractivity contribution in [1.82, 2.24) is 20.9 Å². The third-order valence-corrected chi connectivity index (χ3v) is 5.04. The van der Waals surface area contributed by atoms with E-state index in [4.69, 9.17) is 5.73 Å². The largest absolute Gasteiger partial charge is 0.384 e. The van der Waals surface area contributed by atoms with Crippen LogP contribution >= 0.6 is 49.6 Å². The minimum Gasteiger partial charge on any atom is -0.384 e. The molecule has 1 fully saturated rings. The van der Waals surface area contributed by atoms with E-state index in [2.05, 4.69) is 33.9 Å². The molecule has 1 aromatic carbocycles. The minimum absolute atomic E-state index is 0. The fourth-order valence-corrected chi connectivity index (χ4v) is 3.72. The first-order valence-electron chi connectivity index (χ1n) is 9.72. The summed E-state index contributed by atoms with van der Waals surface area (Å²) in [5.41, 5.74) is 9.14. The minimum atomic E-state index is -0.168. The van der Waals surface area contributed by atoms with Crippen molar-refractivity contribution in [3.63, 3.8) is 0 Å². The van der Waals surface area contributed by atoms with Gasteiger partial charge in [-0.2, -0.15) is 0 Å². The Morgan fingerprint density at radius 1 is 1.06 bits per heavy atom. The van der Waals surface area contributed by atoms with Gasteiger partial charge in [-0.3, -0.25) is 0 Å². The molecule has 1 aromatic heterocycles. The summed E-state index contributed by atoms with van der Waals surface area (Å²) in [5.74, 6) is 0.952. The second-order valence-electron chi connectivity index (χ2n) is 7.37. The van der Waals surface area contributed by atoms with E-state index in [1.165, 1.54) is 6.07 Å². The van der Waals surface area contributed by atoms with E-state index >= 15 is 0 Å². The van der Waals surface area contributed by atoms with Crippen molar-refractivity contribution in [1.29, 1.82) is 0 Å². The SMILES string of the molecule is Cc1cc(N)nc(C[C@H]2CNC[C@@H]2NCCNCCc2cccc(F)c2)c1.Cl.Cl.Cl.Cl. The van der Waals surface area contributed by atoms with Crippen molar-refractivity contribution in [3.8, 4) is 0 Å². The van der Waals surface area contributed by atoms with Crippen molar-refractivity contribution < 1.29 is 4.39 Å². The number of anilines is 1. The monoisotopic (exact) mass is 515 g/mol. The molecule has 0 aliphatic carbocycles. The van der Waals surface area contributed by atoms with Crippen molar-refractivity contribution in [2.75, 3.05) is 38.5 Å². The van der Waals surface area contributed by atoms with Gasteiger partial charge in [0.05, 0.1) is 0 Å². The summed E-state index contributed by atoms with van der Waals surface area (Å²) in [5, 5.41) is 10.5. The fraction of sp³-hybridized carbons (Fsp3) is 0.476. The zero-order chi connectivity index (χ0) is 19.1. The third kappa shape index (κ3) is 11.0. The van der Waals surface area contributed by atoms with E-state index in [1.54, 1.807) is 12.1 Å². The summed E-state index contributed by atoms with van der Waals surface area (Å²) in [6.07, 6.45) is 1.77. The highest BCUT2D eigenvalue weighted by Crippen LogP contribution is 2.17. The molecule has 0 unspecified atom stereocenters. The number of rotatable bonds is 9. The van der Waals surface area contributed by atoms with Crippen molar-refractivity contribution in [3.05, 3.63) is 59.0 Å². The van der Waals surface area contributed by atoms with E-state index in [-0.39, 0.29) is 55.4 Å². The first-order chi connectivity index (χ1) is 13.1.